The molecular weight excluding hydrogens is 687 g/mol. The third-order valence-electron chi connectivity index (χ3n) is 6.34. The Morgan fingerprint density at radius 3 is 2.48 bits per heavy atom. The zero-order valence-electron chi connectivity index (χ0n) is 21.7. The van der Waals surface area contributed by atoms with Crippen LogP contribution in [0.25, 0.3) is 16.8 Å². The second kappa shape index (κ2) is 11.8. The molecule has 0 radical (unpaired) electrons. The van der Waals surface area contributed by atoms with Crippen LogP contribution in [0.2, 0.25) is 0 Å². The molecule has 9 heteroatoms. The van der Waals surface area contributed by atoms with Crippen LogP contribution < -0.4 is 19.7 Å². The number of carbonyl (C=O) groups is 3. The third-order valence-corrected chi connectivity index (χ3v) is 8.03. The minimum atomic E-state index is -0.795. The Bertz CT molecular complexity index is 1700. The lowest BCUT2D eigenvalue weighted by Crippen LogP contribution is -2.54. The number of barbiturate groups is 1. The fourth-order valence-electron chi connectivity index (χ4n) is 4.38. The first-order chi connectivity index (χ1) is 19.2. The van der Waals surface area contributed by atoms with Crippen molar-refractivity contribution >= 4 is 78.9 Å². The number of hydrogen-bond acceptors (Lipinski definition) is 5. The summed E-state index contributed by atoms with van der Waals surface area (Å²) in [6, 6.07) is 22.1. The van der Waals surface area contributed by atoms with Gasteiger partial charge in [0, 0.05) is 4.47 Å². The van der Waals surface area contributed by atoms with Crippen molar-refractivity contribution in [1.82, 2.24) is 5.32 Å². The van der Waals surface area contributed by atoms with Crippen LogP contribution in [0.4, 0.5) is 10.5 Å². The van der Waals surface area contributed by atoms with Crippen molar-refractivity contribution in [2.75, 3.05) is 11.5 Å². The van der Waals surface area contributed by atoms with Gasteiger partial charge >= 0.3 is 6.03 Å². The summed E-state index contributed by atoms with van der Waals surface area (Å²) in [5.41, 5.74) is 2.62. The van der Waals surface area contributed by atoms with Crippen LogP contribution in [0.15, 0.2) is 82.8 Å². The fraction of sp³-hybridized carbons (Fsp3) is 0.129. The monoisotopic (exact) mass is 710 g/mol. The number of benzene rings is 4. The van der Waals surface area contributed by atoms with Gasteiger partial charge in [-0.1, -0.05) is 52.3 Å². The van der Waals surface area contributed by atoms with E-state index in [-0.39, 0.29) is 5.57 Å². The molecule has 0 spiro atoms. The Kier molecular flexibility index (Phi) is 8.22. The summed E-state index contributed by atoms with van der Waals surface area (Å²) in [5, 5.41) is 4.56. The lowest BCUT2D eigenvalue weighted by Gasteiger charge is -2.26. The van der Waals surface area contributed by atoms with E-state index in [1.807, 2.05) is 32.0 Å². The lowest BCUT2D eigenvalue weighted by molar-refractivity contribution is -0.122. The van der Waals surface area contributed by atoms with Gasteiger partial charge in [-0.3, -0.25) is 14.9 Å². The summed E-state index contributed by atoms with van der Waals surface area (Å²) in [7, 11) is 0. The largest absolute Gasteiger partial charge is 0.490 e. The van der Waals surface area contributed by atoms with Crippen molar-refractivity contribution in [3.05, 3.63) is 103 Å². The van der Waals surface area contributed by atoms with E-state index in [1.165, 1.54) is 6.08 Å². The lowest BCUT2D eigenvalue weighted by atomic mass is 10.1. The number of rotatable bonds is 7. The Hall–Kier alpha value is -3.70. The summed E-state index contributed by atoms with van der Waals surface area (Å²) < 4.78 is 13.7. The van der Waals surface area contributed by atoms with Crippen LogP contribution in [0.5, 0.6) is 11.5 Å². The SMILES string of the molecule is CCOc1cc(C=C2C(=O)NC(=O)N(c3ccc(Br)c(C)c3)C2=O)cc(I)c1OCc1ccc2ccccc2c1. The topological polar surface area (TPSA) is 84.9 Å². The van der Waals surface area contributed by atoms with E-state index in [4.69, 9.17) is 9.47 Å². The molecule has 1 saturated heterocycles. The molecule has 0 atom stereocenters. The Morgan fingerprint density at radius 1 is 0.950 bits per heavy atom. The smallest absolute Gasteiger partial charge is 0.335 e. The highest BCUT2D eigenvalue weighted by Crippen LogP contribution is 2.36. The van der Waals surface area contributed by atoms with Gasteiger partial charge in [-0.25, -0.2) is 9.69 Å². The molecule has 0 aliphatic carbocycles. The predicted molar refractivity (Wildman–Crippen MR) is 166 cm³/mol. The molecule has 1 fully saturated rings. The maximum atomic E-state index is 13.4. The molecule has 0 unspecified atom stereocenters. The molecule has 1 aliphatic heterocycles. The number of fused-ring (bicyclic) bond motifs is 1. The van der Waals surface area contributed by atoms with Gasteiger partial charge in [0.05, 0.1) is 15.9 Å². The molecule has 4 aromatic rings. The van der Waals surface area contributed by atoms with Crippen LogP contribution in [0.3, 0.4) is 0 Å². The molecule has 0 bridgehead atoms. The number of ether oxygens (including phenoxy) is 2. The van der Waals surface area contributed by atoms with E-state index >= 15 is 0 Å². The van der Waals surface area contributed by atoms with Crippen molar-refractivity contribution in [3.63, 3.8) is 0 Å². The minimum absolute atomic E-state index is 0.164. The number of aryl methyl sites for hydroxylation is 1. The first kappa shape index (κ1) is 27.9. The number of anilines is 1. The summed E-state index contributed by atoms with van der Waals surface area (Å²) in [6.07, 6.45) is 1.46. The first-order valence-corrected chi connectivity index (χ1v) is 14.4. The summed E-state index contributed by atoms with van der Waals surface area (Å²) in [4.78, 5) is 39.7. The highest BCUT2D eigenvalue weighted by Gasteiger charge is 2.37. The molecule has 202 valence electrons. The van der Waals surface area contributed by atoms with E-state index in [0.717, 1.165) is 34.8 Å². The van der Waals surface area contributed by atoms with Crippen LogP contribution in [-0.4, -0.2) is 24.5 Å². The highest BCUT2D eigenvalue weighted by atomic mass is 127. The van der Waals surface area contributed by atoms with Crippen molar-refractivity contribution < 1.29 is 23.9 Å². The number of nitrogens with zero attached hydrogens (tertiary/aromatic N) is 1. The van der Waals surface area contributed by atoms with E-state index in [9.17, 15) is 14.4 Å². The third kappa shape index (κ3) is 5.75. The molecule has 0 saturated carbocycles. The van der Waals surface area contributed by atoms with Gasteiger partial charge in [0.15, 0.2) is 11.5 Å². The second-order valence-corrected chi connectivity index (χ2v) is 11.1. The minimum Gasteiger partial charge on any atom is -0.490 e. The molecular formula is C31H24BrIN2O5. The number of urea groups is 1. The maximum Gasteiger partial charge on any atom is 0.335 e. The predicted octanol–water partition coefficient (Wildman–Crippen LogP) is 7.16. The standard InChI is InChI=1S/C31H24BrIN2O5/c1-3-39-27-16-20(15-26(33)28(27)40-17-19-8-9-21-6-4-5-7-22(21)13-19)14-24-29(36)34-31(38)35(30(24)37)23-10-11-25(32)18(2)12-23/h4-16H,3,17H2,1-2H3,(H,34,36,38). The Balaban J connectivity index is 1.44. The number of nitrogens with one attached hydrogen (secondary N) is 1. The van der Waals surface area contributed by atoms with Gasteiger partial charge in [0.1, 0.15) is 12.2 Å². The van der Waals surface area contributed by atoms with Crippen molar-refractivity contribution in [1.29, 1.82) is 0 Å². The average Bonchev–Trinajstić information content (AvgIpc) is 2.92. The number of carbonyl (C=O) groups excluding carboxylic acids is 3. The molecule has 5 rings (SSSR count). The van der Waals surface area contributed by atoms with E-state index in [0.29, 0.717) is 36.0 Å². The van der Waals surface area contributed by atoms with E-state index in [1.54, 1.807) is 30.3 Å². The summed E-state index contributed by atoms with van der Waals surface area (Å²) in [6.45, 7) is 4.45. The van der Waals surface area contributed by atoms with Gasteiger partial charge < -0.3 is 9.47 Å². The Labute approximate surface area is 253 Å². The number of halogens is 2. The van der Waals surface area contributed by atoms with Crippen LogP contribution >= 0.6 is 38.5 Å². The molecule has 1 aliphatic rings. The molecule has 1 N–H and O–H groups in total. The van der Waals surface area contributed by atoms with Crippen molar-refractivity contribution in [3.8, 4) is 11.5 Å². The molecule has 4 amide bonds. The van der Waals surface area contributed by atoms with E-state index < -0.39 is 17.8 Å². The quantitative estimate of drug-likeness (QED) is 0.125. The highest BCUT2D eigenvalue weighted by molar-refractivity contribution is 14.1. The van der Waals surface area contributed by atoms with Crippen molar-refractivity contribution in [2.24, 2.45) is 0 Å². The van der Waals surface area contributed by atoms with Crippen molar-refractivity contribution in [2.45, 2.75) is 20.5 Å². The molecule has 0 aromatic heterocycles. The number of hydrogen-bond donors (Lipinski definition) is 1. The van der Waals surface area contributed by atoms with E-state index in [2.05, 4.69) is 68.1 Å². The average molecular weight is 711 g/mol. The molecule has 7 nitrogen and oxygen atoms in total. The zero-order chi connectivity index (χ0) is 28.4. The summed E-state index contributed by atoms with van der Waals surface area (Å²) >= 11 is 5.57. The second-order valence-electron chi connectivity index (χ2n) is 9.12. The van der Waals surface area contributed by atoms with Gasteiger partial charge in [-0.2, -0.15) is 0 Å². The fourth-order valence-corrected chi connectivity index (χ4v) is 5.41. The zero-order valence-corrected chi connectivity index (χ0v) is 25.4. The number of amides is 4. The van der Waals surface area contributed by atoms with Gasteiger partial charge in [0.25, 0.3) is 11.8 Å². The first-order valence-electron chi connectivity index (χ1n) is 12.5. The Morgan fingerprint density at radius 2 is 1.73 bits per heavy atom. The van der Waals surface area contributed by atoms with Crippen LogP contribution in [0.1, 0.15) is 23.6 Å². The summed E-state index contributed by atoms with van der Waals surface area (Å²) in [5.74, 6) is -0.411. The maximum absolute atomic E-state index is 13.4. The van der Waals surface area contributed by atoms with Gasteiger partial charge in [-0.15, -0.1) is 0 Å². The van der Waals surface area contributed by atoms with Crippen LogP contribution in [0, 0.1) is 10.5 Å². The molecule has 1 heterocycles. The van der Waals surface area contributed by atoms with Gasteiger partial charge in [-0.05, 0) is 106 Å². The van der Waals surface area contributed by atoms with Gasteiger partial charge in [0.2, 0.25) is 0 Å². The number of imide groups is 2. The van der Waals surface area contributed by atoms with Crippen LogP contribution in [-0.2, 0) is 16.2 Å². The normalized spacial score (nSPS) is 14.6. The molecule has 40 heavy (non-hydrogen) atoms. The molecule has 4 aromatic carbocycles.